The van der Waals surface area contributed by atoms with Crippen LogP contribution in [0, 0.1) is 0 Å². The Bertz CT molecular complexity index is 4570. The maximum Gasteiger partial charge on any atom is 0.165 e. The molecule has 0 amide bonds. The summed E-state index contributed by atoms with van der Waals surface area (Å²) in [5, 5.41) is 11.7. The molecule has 316 valence electrons. The topological polar surface area (TPSA) is 43.6 Å². The van der Waals surface area contributed by atoms with Gasteiger partial charge in [-0.25, -0.2) is 15.0 Å². The lowest BCUT2D eigenvalue weighted by molar-refractivity contribution is 1.08. The van der Waals surface area contributed by atoms with Crippen molar-refractivity contribution in [2.24, 2.45) is 0 Å². The molecule has 0 aliphatic heterocycles. The fourth-order valence-corrected chi connectivity index (χ4v) is 11.5. The van der Waals surface area contributed by atoms with Gasteiger partial charge < -0.3 is 4.57 Å². The number of fused-ring (bicyclic) bond motifs is 12. The van der Waals surface area contributed by atoms with Gasteiger partial charge in [0, 0.05) is 53.2 Å². The highest BCUT2D eigenvalue weighted by molar-refractivity contribution is 7.26. The molecule has 3 heterocycles. The summed E-state index contributed by atoms with van der Waals surface area (Å²) in [5.41, 5.74) is 8.71. The van der Waals surface area contributed by atoms with Crippen molar-refractivity contribution in [3.05, 3.63) is 230 Å². The molecule has 11 aromatic carbocycles. The molecule has 0 saturated carbocycles. The molecule has 14 aromatic rings. The van der Waals surface area contributed by atoms with Crippen LogP contribution in [0.4, 0.5) is 0 Å². The molecule has 5 heteroatoms. The molecule has 0 unspecified atom stereocenters. The molecule has 3 aromatic heterocycles. The number of rotatable bonds is 6. The van der Waals surface area contributed by atoms with E-state index in [1.165, 1.54) is 43.1 Å². The van der Waals surface area contributed by atoms with Crippen LogP contribution in [0.25, 0.3) is 136 Å². The van der Waals surface area contributed by atoms with Crippen molar-refractivity contribution in [3.8, 4) is 62.1 Å². The predicted octanol–water partition coefficient (Wildman–Crippen LogP) is 17.1. The second-order valence-corrected chi connectivity index (χ2v) is 18.2. The molecular formula is C63H38N4S. The molecule has 68 heavy (non-hydrogen) atoms. The Balaban J connectivity index is 0.977. The summed E-state index contributed by atoms with van der Waals surface area (Å²) < 4.78 is 47.8. The van der Waals surface area contributed by atoms with Crippen LogP contribution in [0.5, 0.6) is 0 Å². The Morgan fingerprint density at radius 1 is 0.338 bits per heavy atom. The Hall–Kier alpha value is -8.77. The van der Waals surface area contributed by atoms with E-state index in [0.29, 0.717) is 17.2 Å². The lowest BCUT2D eigenvalue weighted by Crippen LogP contribution is -2.00. The molecule has 0 spiro atoms. The number of aromatic nitrogens is 4. The Morgan fingerprint density at radius 2 is 0.824 bits per heavy atom. The van der Waals surface area contributed by atoms with Crippen molar-refractivity contribution in [2.75, 3.05) is 0 Å². The van der Waals surface area contributed by atoms with Gasteiger partial charge in [0.1, 0.15) is 0 Å². The predicted molar refractivity (Wildman–Crippen MR) is 287 cm³/mol. The van der Waals surface area contributed by atoms with E-state index in [0.717, 1.165) is 64.7 Å². The van der Waals surface area contributed by atoms with Gasteiger partial charge in [-0.05, 0) is 97.5 Å². The van der Waals surface area contributed by atoms with Crippen molar-refractivity contribution >= 4 is 85.6 Å². The second-order valence-electron chi connectivity index (χ2n) is 17.1. The van der Waals surface area contributed by atoms with E-state index in [9.17, 15) is 0 Å². The van der Waals surface area contributed by atoms with Gasteiger partial charge in [-0.2, -0.15) is 0 Å². The normalized spacial score (nSPS) is 12.9. The van der Waals surface area contributed by atoms with E-state index in [2.05, 4.69) is 168 Å². The highest BCUT2D eigenvalue weighted by atomic mass is 32.1. The molecule has 0 fully saturated rings. The molecule has 14 rings (SSSR count). The van der Waals surface area contributed by atoms with E-state index < -0.39 is 18.1 Å². The second kappa shape index (κ2) is 15.4. The van der Waals surface area contributed by atoms with Crippen LogP contribution >= 0.6 is 11.3 Å². The minimum Gasteiger partial charge on any atom is -0.309 e. The number of hydrogen-bond acceptors (Lipinski definition) is 4. The standard InChI is InChI=1S/C63H38N4S/c1-2-17-39(18-3-1)61-64-62(66-63(65-61)52-31-16-30-51-50-29-10-13-34-59(50)68-60(51)52)43-22-15-20-41(36-43)40-19-14-21-42(35-40)53-37-54-46-25-6-4-23-44(46)45-24-5-7-26-47(45)55(54)38-58(53)67-56-32-11-8-27-48(56)49-28-9-12-33-57(49)67/h1-38H/i1D,2D,3D,17D,18D. The first-order valence-electron chi connectivity index (χ1n) is 25.1. The molecule has 0 N–H and O–H groups in total. The smallest absolute Gasteiger partial charge is 0.165 e. The Labute approximate surface area is 402 Å². The number of thiophene rings is 1. The highest BCUT2D eigenvalue weighted by Crippen LogP contribution is 2.44. The summed E-state index contributed by atoms with van der Waals surface area (Å²) in [5.74, 6) is 0.646. The van der Waals surface area contributed by atoms with Crippen LogP contribution in [0.1, 0.15) is 6.85 Å². The van der Waals surface area contributed by atoms with Gasteiger partial charge in [0.15, 0.2) is 17.5 Å². The maximum absolute atomic E-state index is 8.95. The monoisotopic (exact) mass is 887 g/mol. The third-order valence-corrected chi connectivity index (χ3v) is 14.5. The Morgan fingerprint density at radius 3 is 1.50 bits per heavy atom. The van der Waals surface area contributed by atoms with Gasteiger partial charge in [0.2, 0.25) is 0 Å². The zero-order valence-electron chi connectivity index (χ0n) is 41.2. The third-order valence-electron chi connectivity index (χ3n) is 13.3. The van der Waals surface area contributed by atoms with Crippen LogP contribution in [0.15, 0.2) is 230 Å². The number of benzene rings is 11. The molecular weight excluding hydrogens is 845 g/mol. The summed E-state index contributed by atoms with van der Waals surface area (Å²) in [7, 11) is 0. The summed E-state index contributed by atoms with van der Waals surface area (Å²) in [6, 6.07) is 68.3. The Kier molecular flexibility index (Phi) is 7.63. The summed E-state index contributed by atoms with van der Waals surface area (Å²) >= 11 is 1.64. The fourth-order valence-electron chi connectivity index (χ4n) is 10.3. The number of para-hydroxylation sites is 2. The molecule has 0 bridgehead atoms. The summed E-state index contributed by atoms with van der Waals surface area (Å²) in [6.45, 7) is 0. The first-order valence-corrected chi connectivity index (χ1v) is 23.4. The van der Waals surface area contributed by atoms with Crippen molar-refractivity contribution in [2.45, 2.75) is 0 Å². The largest absolute Gasteiger partial charge is 0.309 e. The van der Waals surface area contributed by atoms with Gasteiger partial charge in [-0.1, -0.05) is 182 Å². The molecule has 0 aliphatic rings. The number of nitrogens with zero attached hydrogens (tertiary/aromatic N) is 4. The van der Waals surface area contributed by atoms with Crippen molar-refractivity contribution in [1.29, 1.82) is 0 Å². The van der Waals surface area contributed by atoms with Crippen LogP contribution in [0.2, 0.25) is 0 Å². The van der Waals surface area contributed by atoms with E-state index in [1.54, 1.807) is 11.3 Å². The molecule has 0 atom stereocenters. The minimum atomic E-state index is -0.481. The average Bonchev–Trinajstić information content (AvgIpc) is 4.00. The molecule has 0 saturated heterocycles. The van der Waals surface area contributed by atoms with E-state index in [4.69, 9.17) is 21.8 Å². The zero-order chi connectivity index (χ0) is 49.1. The summed E-state index contributed by atoms with van der Waals surface area (Å²) in [6.07, 6.45) is 0. The maximum atomic E-state index is 8.95. The fraction of sp³-hybridized carbons (Fsp3) is 0. The highest BCUT2D eigenvalue weighted by Gasteiger charge is 2.21. The first-order chi connectivity index (χ1) is 35.8. The van der Waals surface area contributed by atoms with Gasteiger partial charge in [0.25, 0.3) is 0 Å². The van der Waals surface area contributed by atoms with E-state index >= 15 is 0 Å². The molecule has 4 nitrogen and oxygen atoms in total. The number of hydrogen-bond donors (Lipinski definition) is 0. The molecule has 0 aliphatic carbocycles. The average molecular weight is 888 g/mol. The minimum absolute atomic E-state index is 0.00305. The SMILES string of the molecule is [2H]c1c([2H])c([2H])c(-c2nc(-c3cccc(-c4cccc(-c5cc6c7ccccc7c7ccccc7c6cc5-n5c6ccccc6c6ccccc65)c4)c3)nc(-c3cccc4c3sc3ccccc34)n2)c([2H])c1[2H]. The van der Waals surface area contributed by atoms with E-state index in [-0.39, 0.29) is 23.5 Å². The third kappa shape index (κ3) is 6.10. The van der Waals surface area contributed by atoms with Gasteiger partial charge in [-0.15, -0.1) is 11.3 Å². The van der Waals surface area contributed by atoms with Crippen LogP contribution in [-0.2, 0) is 0 Å². The van der Waals surface area contributed by atoms with Gasteiger partial charge >= 0.3 is 0 Å². The zero-order valence-corrected chi connectivity index (χ0v) is 37.1. The van der Waals surface area contributed by atoms with Crippen LogP contribution in [-0.4, -0.2) is 19.5 Å². The van der Waals surface area contributed by atoms with Gasteiger partial charge in [-0.3, -0.25) is 0 Å². The lowest BCUT2D eigenvalue weighted by atomic mass is 9.90. The quantitative estimate of drug-likeness (QED) is 0.156. The summed E-state index contributed by atoms with van der Waals surface area (Å²) in [4.78, 5) is 15.0. The van der Waals surface area contributed by atoms with Crippen molar-refractivity contribution < 1.29 is 6.85 Å². The van der Waals surface area contributed by atoms with Crippen LogP contribution in [0.3, 0.4) is 0 Å². The van der Waals surface area contributed by atoms with Gasteiger partial charge in [0.05, 0.1) is 23.6 Å². The lowest BCUT2D eigenvalue weighted by Gasteiger charge is -2.19. The van der Waals surface area contributed by atoms with Crippen molar-refractivity contribution in [1.82, 2.24) is 19.5 Å². The molecule has 0 radical (unpaired) electrons. The van der Waals surface area contributed by atoms with Crippen LogP contribution < -0.4 is 0 Å². The van der Waals surface area contributed by atoms with Crippen molar-refractivity contribution in [3.63, 3.8) is 0 Å². The van der Waals surface area contributed by atoms with E-state index in [1.807, 2.05) is 36.4 Å². The first kappa shape index (κ1) is 33.7.